The Labute approximate surface area is 179 Å². The molecule has 158 valence electrons. The maximum absolute atomic E-state index is 10.6. The number of hydrogen-bond acceptors (Lipinski definition) is 7. The highest BCUT2D eigenvalue weighted by Crippen LogP contribution is 2.27. The van der Waals surface area contributed by atoms with Gasteiger partial charge >= 0.3 is 0 Å². The second kappa shape index (κ2) is 12.2. The average Bonchev–Trinajstić information content (AvgIpc) is 2.90. The number of ether oxygens (including phenoxy) is 1. The van der Waals surface area contributed by atoms with E-state index in [2.05, 4.69) is 19.7 Å². The van der Waals surface area contributed by atoms with Gasteiger partial charge in [0.15, 0.2) is 0 Å². The molecule has 3 rings (SSSR count). The molecule has 0 amide bonds. The Hall–Kier alpha value is -0.380. The normalized spacial score (nSPS) is 28.3. The van der Waals surface area contributed by atoms with Crippen molar-refractivity contribution in [3.05, 3.63) is 24.4 Å². The first kappa shape index (κ1) is 26.6. The largest absolute Gasteiger partial charge is 0.394 e. The number of aromatic nitrogens is 1. The third-order valence-corrected chi connectivity index (χ3v) is 4.90. The Morgan fingerprint density at radius 1 is 1.11 bits per heavy atom. The van der Waals surface area contributed by atoms with Crippen molar-refractivity contribution in [2.24, 2.45) is 0 Å². The van der Waals surface area contributed by atoms with Gasteiger partial charge in [-0.1, -0.05) is 6.07 Å². The molecule has 27 heavy (non-hydrogen) atoms. The Bertz CT molecular complexity index is 521. The van der Waals surface area contributed by atoms with Crippen LogP contribution in [0.1, 0.15) is 0 Å². The summed E-state index contributed by atoms with van der Waals surface area (Å²) in [5, 5.41) is 20.1. The molecule has 1 aromatic rings. The Morgan fingerprint density at radius 2 is 1.78 bits per heavy atom. The van der Waals surface area contributed by atoms with Crippen LogP contribution in [-0.2, 0) is 4.74 Å². The van der Waals surface area contributed by atoms with Crippen molar-refractivity contribution < 1.29 is 14.9 Å². The first-order chi connectivity index (χ1) is 11.6. The molecule has 10 heteroatoms. The van der Waals surface area contributed by atoms with Crippen molar-refractivity contribution in [3.63, 3.8) is 0 Å². The summed E-state index contributed by atoms with van der Waals surface area (Å²) >= 11 is 0. The maximum atomic E-state index is 10.6. The van der Waals surface area contributed by atoms with E-state index >= 15 is 0 Å². The highest BCUT2D eigenvalue weighted by Gasteiger charge is 2.46. The van der Waals surface area contributed by atoms with E-state index < -0.39 is 12.2 Å². The van der Waals surface area contributed by atoms with Crippen LogP contribution in [0.25, 0.3) is 0 Å². The number of piperazine rings is 1. The third-order valence-electron chi connectivity index (χ3n) is 4.90. The van der Waals surface area contributed by atoms with Crippen LogP contribution in [0.2, 0.25) is 0 Å². The summed E-state index contributed by atoms with van der Waals surface area (Å²) < 4.78 is 5.90. The molecule has 2 saturated heterocycles. The first-order valence-electron chi connectivity index (χ1n) is 8.59. The number of pyridine rings is 1. The number of nitrogens with zero attached hydrogens (tertiary/aromatic N) is 4. The molecule has 0 aliphatic carbocycles. The van der Waals surface area contributed by atoms with Gasteiger partial charge in [0.2, 0.25) is 0 Å². The first-order valence-corrected chi connectivity index (χ1v) is 8.59. The zero-order chi connectivity index (χ0) is 17.1. The quantitative estimate of drug-likeness (QED) is 0.684. The number of halogens is 3. The summed E-state index contributed by atoms with van der Waals surface area (Å²) in [6.07, 6.45) is 0.582. The molecule has 0 spiro atoms. The van der Waals surface area contributed by atoms with Gasteiger partial charge in [0.25, 0.3) is 0 Å². The molecule has 3 heterocycles. The molecule has 0 unspecified atom stereocenters. The molecule has 2 aliphatic rings. The third kappa shape index (κ3) is 6.30. The van der Waals surface area contributed by atoms with Crippen molar-refractivity contribution in [1.29, 1.82) is 0 Å². The van der Waals surface area contributed by atoms with Gasteiger partial charge in [-0.05, 0) is 26.2 Å². The topological polar surface area (TPSA) is 72.3 Å². The summed E-state index contributed by atoms with van der Waals surface area (Å²) in [5.74, 6) is 0.999. The highest BCUT2D eigenvalue weighted by molar-refractivity contribution is 5.86. The molecule has 0 saturated carbocycles. The molecule has 0 aromatic carbocycles. The second-order valence-corrected chi connectivity index (χ2v) is 6.85. The lowest BCUT2D eigenvalue weighted by Crippen LogP contribution is -2.57. The molecular weight excluding hydrogens is 415 g/mol. The van der Waals surface area contributed by atoms with Gasteiger partial charge in [-0.15, -0.1) is 37.2 Å². The van der Waals surface area contributed by atoms with E-state index in [1.165, 1.54) is 0 Å². The zero-order valence-electron chi connectivity index (χ0n) is 15.7. The average molecular weight is 446 g/mol. The molecule has 2 aliphatic heterocycles. The fourth-order valence-electron chi connectivity index (χ4n) is 3.73. The number of anilines is 1. The summed E-state index contributed by atoms with van der Waals surface area (Å²) in [4.78, 5) is 11.0. The van der Waals surface area contributed by atoms with Crippen LogP contribution in [0, 0.1) is 0 Å². The smallest absolute Gasteiger partial charge is 0.128 e. The minimum absolute atomic E-state index is 0. The van der Waals surface area contributed by atoms with Crippen molar-refractivity contribution in [3.8, 4) is 0 Å². The summed E-state index contributed by atoms with van der Waals surface area (Å²) in [5.41, 5.74) is 0. The molecule has 7 nitrogen and oxygen atoms in total. The lowest BCUT2D eigenvalue weighted by molar-refractivity contribution is -0.0274. The fraction of sp³-hybridized carbons (Fsp3) is 0.706. The van der Waals surface area contributed by atoms with Gasteiger partial charge in [-0.2, -0.15) is 0 Å². The monoisotopic (exact) mass is 444 g/mol. The minimum atomic E-state index is -0.652. The minimum Gasteiger partial charge on any atom is -0.394 e. The number of rotatable bonds is 5. The molecular formula is C17H31Cl3N4O3. The fourth-order valence-corrected chi connectivity index (χ4v) is 3.73. The van der Waals surface area contributed by atoms with Crippen LogP contribution in [0.5, 0.6) is 0 Å². The van der Waals surface area contributed by atoms with E-state index in [1.54, 1.807) is 0 Å². The predicted octanol–water partition coefficient (Wildman–Crippen LogP) is 0.520. The van der Waals surface area contributed by atoms with E-state index in [1.807, 2.05) is 38.5 Å². The van der Waals surface area contributed by atoms with Crippen LogP contribution in [0.3, 0.4) is 0 Å². The molecule has 1 aromatic heterocycles. The van der Waals surface area contributed by atoms with Gasteiger partial charge in [0.05, 0.1) is 18.8 Å². The summed E-state index contributed by atoms with van der Waals surface area (Å²) in [6.45, 7) is 4.04. The SMILES string of the molecule is CN(C)C[C@H]1O[C@@H](CO)[C@@H](O)[C@H]1N1CCN(c2ccccn2)CC1.Cl.Cl.Cl. The number of aliphatic hydroxyl groups is 2. The van der Waals surface area contributed by atoms with E-state index in [0.29, 0.717) is 0 Å². The molecule has 2 N–H and O–H groups in total. The lowest BCUT2D eigenvalue weighted by atomic mass is 10.0. The van der Waals surface area contributed by atoms with Gasteiger partial charge in [-0.25, -0.2) is 4.98 Å². The standard InChI is InChI=1S/C17H28N4O3.3ClH/c1-19(2)11-13-16(17(23)14(12-22)24-13)21-9-7-20(8-10-21)15-5-3-4-6-18-15;;;/h3-6,13-14,16-17,22-23H,7-12H2,1-2H3;3*1H/t13-,14+,16+,17-;;;/m1.../s1. The zero-order valence-corrected chi connectivity index (χ0v) is 18.1. The van der Waals surface area contributed by atoms with E-state index in [-0.39, 0.29) is 56.0 Å². The van der Waals surface area contributed by atoms with Gasteiger partial charge < -0.3 is 24.7 Å². The van der Waals surface area contributed by atoms with E-state index in [9.17, 15) is 10.2 Å². The Kier molecular flexibility index (Phi) is 12.1. The van der Waals surface area contributed by atoms with Gasteiger partial charge in [-0.3, -0.25) is 4.90 Å². The van der Waals surface area contributed by atoms with Crippen LogP contribution in [-0.4, -0.2) is 103 Å². The van der Waals surface area contributed by atoms with Gasteiger partial charge in [0.1, 0.15) is 18.0 Å². The second-order valence-electron chi connectivity index (χ2n) is 6.85. The van der Waals surface area contributed by atoms with Crippen LogP contribution in [0.15, 0.2) is 24.4 Å². The molecule has 2 fully saturated rings. The summed E-state index contributed by atoms with van der Waals surface area (Å²) in [7, 11) is 4.00. The van der Waals surface area contributed by atoms with Crippen molar-refractivity contribution in [1.82, 2.24) is 14.8 Å². The van der Waals surface area contributed by atoms with Crippen LogP contribution in [0.4, 0.5) is 5.82 Å². The van der Waals surface area contributed by atoms with Gasteiger partial charge in [0, 0.05) is 38.9 Å². The van der Waals surface area contributed by atoms with Crippen LogP contribution >= 0.6 is 37.2 Å². The highest BCUT2D eigenvalue weighted by atomic mass is 35.5. The van der Waals surface area contributed by atoms with Crippen molar-refractivity contribution in [2.45, 2.75) is 24.4 Å². The number of aliphatic hydroxyl groups excluding tert-OH is 2. The molecule has 4 atom stereocenters. The predicted molar refractivity (Wildman–Crippen MR) is 114 cm³/mol. The maximum Gasteiger partial charge on any atom is 0.128 e. The Balaban J connectivity index is 0.00000225. The number of likely N-dealkylation sites (N-methyl/N-ethyl adjacent to an activating group) is 1. The van der Waals surface area contributed by atoms with Crippen LogP contribution < -0.4 is 4.90 Å². The van der Waals surface area contributed by atoms with Crippen molar-refractivity contribution in [2.75, 3.05) is 58.3 Å². The Morgan fingerprint density at radius 3 is 2.30 bits per heavy atom. The van der Waals surface area contributed by atoms with Crippen molar-refractivity contribution >= 4 is 43.0 Å². The molecule has 0 radical (unpaired) electrons. The summed E-state index contributed by atoms with van der Waals surface area (Å²) in [6, 6.07) is 5.88. The lowest BCUT2D eigenvalue weighted by Gasteiger charge is -2.41. The van der Waals surface area contributed by atoms with E-state index in [0.717, 1.165) is 38.5 Å². The molecule has 0 bridgehead atoms. The number of hydrogen-bond donors (Lipinski definition) is 2. The van der Waals surface area contributed by atoms with E-state index in [4.69, 9.17) is 4.74 Å².